The van der Waals surface area contributed by atoms with E-state index in [1.165, 1.54) is 25.7 Å². The average molecular weight is 351 g/mol. The summed E-state index contributed by atoms with van der Waals surface area (Å²) in [4.78, 5) is 12.9. The first kappa shape index (κ1) is 16.6. The van der Waals surface area contributed by atoms with Gasteiger partial charge in [-0.25, -0.2) is 0 Å². The van der Waals surface area contributed by atoms with E-state index in [2.05, 4.69) is 5.32 Å². The van der Waals surface area contributed by atoms with Crippen LogP contribution in [0.1, 0.15) is 37.5 Å². The zero-order valence-corrected chi connectivity index (χ0v) is 14.5. The molecule has 6 heteroatoms. The van der Waals surface area contributed by atoms with Gasteiger partial charge in [0.2, 0.25) is 5.91 Å². The lowest BCUT2D eigenvalue weighted by molar-refractivity contribution is -0.119. The summed E-state index contributed by atoms with van der Waals surface area (Å²) in [6.45, 7) is 0.182. The Labute approximate surface area is 144 Å². The first-order valence-corrected chi connectivity index (χ1v) is 9.85. The number of amides is 1. The molecule has 0 radical (unpaired) electrons. The Morgan fingerprint density at radius 1 is 1.39 bits per heavy atom. The number of nitrogens with one attached hydrogen (secondary N) is 1. The monoisotopic (exact) mass is 351 g/mol. The molecule has 2 N–H and O–H groups in total. The Hall–Kier alpha value is -1.24. The Kier molecular flexibility index (Phi) is 5.80. The van der Waals surface area contributed by atoms with Crippen molar-refractivity contribution < 1.29 is 14.3 Å². The highest BCUT2D eigenvalue weighted by molar-refractivity contribution is 8.00. The van der Waals surface area contributed by atoms with Crippen LogP contribution in [0.5, 0.6) is 0 Å². The molecule has 0 bridgehead atoms. The molecule has 2 aromatic rings. The Bertz CT molecular complexity index is 618. The maximum Gasteiger partial charge on any atom is 0.230 e. The number of carbonyl (C=O) groups is 1. The largest absolute Gasteiger partial charge is 0.457 e. The van der Waals surface area contributed by atoms with Crippen LogP contribution in [0.3, 0.4) is 0 Å². The van der Waals surface area contributed by atoms with Crippen LogP contribution in [-0.4, -0.2) is 28.6 Å². The standard InChI is InChI=1S/C17H21NO3S2/c19-13(10-18-17(20)11-23-12-4-1-2-5-12)14-7-8-15(21-14)16-6-3-9-22-16/h3,6-9,12-13,19H,1-2,4-5,10-11H2,(H,18,20). The molecule has 0 saturated heterocycles. The van der Waals surface area contributed by atoms with Gasteiger partial charge in [0.1, 0.15) is 17.6 Å². The van der Waals surface area contributed by atoms with E-state index in [1.54, 1.807) is 29.2 Å². The first-order valence-electron chi connectivity index (χ1n) is 7.92. The third-order valence-corrected chi connectivity index (χ3v) is 6.22. The van der Waals surface area contributed by atoms with Crippen molar-refractivity contribution >= 4 is 29.0 Å². The molecule has 0 aliphatic heterocycles. The number of rotatable bonds is 7. The SMILES string of the molecule is O=C(CSC1CCCC1)NCC(O)c1ccc(-c2cccs2)o1. The summed E-state index contributed by atoms with van der Waals surface area (Å²) in [5.41, 5.74) is 0. The maximum atomic E-state index is 11.9. The van der Waals surface area contributed by atoms with Crippen molar-refractivity contribution in [1.29, 1.82) is 0 Å². The molecule has 124 valence electrons. The number of aliphatic hydroxyl groups excluding tert-OH is 1. The number of hydrogen-bond donors (Lipinski definition) is 2. The number of thiophene rings is 1. The fourth-order valence-electron chi connectivity index (χ4n) is 2.69. The molecule has 23 heavy (non-hydrogen) atoms. The van der Waals surface area contributed by atoms with Crippen molar-refractivity contribution in [3.8, 4) is 10.6 Å². The van der Waals surface area contributed by atoms with Crippen molar-refractivity contribution in [1.82, 2.24) is 5.32 Å². The van der Waals surface area contributed by atoms with E-state index >= 15 is 0 Å². The van der Waals surface area contributed by atoms with Gasteiger partial charge in [-0.15, -0.1) is 23.1 Å². The number of carbonyl (C=O) groups excluding carboxylic acids is 1. The molecule has 1 amide bonds. The summed E-state index contributed by atoms with van der Waals surface area (Å²) < 4.78 is 5.67. The highest BCUT2D eigenvalue weighted by atomic mass is 32.2. The molecule has 1 atom stereocenters. The number of hydrogen-bond acceptors (Lipinski definition) is 5. The van der Waals surface area contributed by atoms with Crippen molar-refractivity contribution in [3.05, 3.63) is 35.4 Å². The zero-order valence-electron chi connectivity index (χ0n) is 12.9. The number of furan rings is 1. The second-order valence-corrected chi connectivity index (χ2v) is 7.95. The summed E-state index contributed by atoms with van der Waals surface area (Å²) in [5.74, 6) is 1.68. The van der Waals surface area contributed by atoms with Gasteiger partial charge >= 0.3 is 0 Å². The van der Waals surface area contributed by atoms with E-state index in [0.717, 1.165) is 10.6 Å². The van der Waals surface area contributed by atoms with Gasteiger partial charge in [0.05, 0.1) is 17.2 Å². The molecule has 4 nitrogen and oxygen atoms in total. The van der Waals surface area contributed by atoms with Gasteiger partial charge in [-0.3, -0.25) is 4.79 Å². The molecule has 3 rings (SSSR count). The van der Waals surface area contributed by atoms with Crippen molar-refractivity contribution in [2.45, 2.75) is 37.0 Å². The molecular weight excluding hydrogens is 330 g/mol. The fraction of sp³-hybridized carbons (Fsp3) is 0.471. The summed E-state index contributed by atoms with van der Waals surface area (Å²) in [7, 11) is 0. The lowest BCUT2D eigenvalue weighted by Gasteiger charge is -2.11. The number of aliphatic hydroxyl groups is 1. The summed E-state index contributed by atoms with van der Waals surface area (Å²) in [5, 5.41) is 15.5. The smallest absolute Gasteiger partial charge is 0.230 e. The molecule has 1 unspecified atom stereocenters. The van der Waals surface area contributed by atoms with Gasteiger partial charge in [0, 0.05) is 5.25 Å². The molecular formula is C17H21NO3S2. The zero-order chi connectivity index (χ0) is 16.1. The predicted octanol–water partition coefficient (Wildman–Crippen LogP) is 3.83. The second-order valence-electron chi connectivity index (χ2n) is 5.72. The number of thioether (sulfide) groups is 1. The van der Waals surface area contributed by atoms with Crippen LogP contribution in [0.2, 0.25) is 0 Å². The van der Waals surface area contributed by atoms with E-state index in [4.69, 9.17) is 4.42 Å². The quantitative estimate of drug-likeness (QED) is 0.796. The van der Waals surface area contributed by atoms with E-state index < -0.39 is 6.10 Å². The van der Waals surface area contributed by atoms with Gasteiger partial charge in [0.15, 0.2) is 0 Å². The average Bonchev–Trinajstić information content (AvgIpc) is 3.31. The lowest BCUT2D eigenvalue weighted by Crippen LogP contribution is -2.30. The minimum absolute atomic E-state index is 0.0222. The molecule has 2 heterocycles. The van der Waals surface area contributed by atoms with Gasteiger partial charge in [-0.05, 0) is 36.4 Å². The van der Waals surface area contributed by atoms with E-state index in [1.807, 2.05) is 23.6 Å². The topological polar surface area (TPSA) is 62.5 Å². The van der Waals surface area contributed by atoms with Crippen molar-refractivity contribution in [2.24, 2.45) is 0 Å². The van der Waals surface area contributed by atoms with E-state index in [-0.39, 0.29) is 12.5 Å². The van der Waals surface area contributed by atoms with Crippen molar-refractivity contribution in [3.63, 3.8) is 0 Å². The molecule has 2 aromatic heterocycles. The third kappa shape index (κ3) is 4.62. The minimum atomic E-state index is -0.816. The predicted molar refractivity (Wildman–Crippen MR) is 94.7 cm³/mol. The van der Waals surface area contributed by atoms with Crippen LogP contribution in [0.15, 0.2) is 34.1 Å². The van der Waals surface area contributed by atoms with Gasteiger partial charge in [-0.1, -0.05) is 18.9 Å². The van der Waals surface area contributed by atoms with Crippen LogP contribution in [0.25, 0.3) is 10.6 Å². The molecule has 0 aromatic carbocycles. The summed E-state index contributed by atoms with van der Waals surface area (Å²) >= 11 is 3.32. The van der Waals surface area contributed by atoms with Gasteiger partial charge < -0.3 is 14.8 Å². The molecule has 1 aliphatic carbocycles. The maximum absolute atomic E-state index is 11.9. The Morgan fingerprint density at radius 2 is 2.22 bits per heavy atom. The van der Waals surface area contributed by atoms with Gasteiger partial charge in [0.25, 0.3) is 0 Å². The molecule has 1 aliphatic rings. The van der Waals surface area contributed by atoms with Crippen LogP contribution in [0.4, 0.5) is 0 Å². The highest BCUT2D eigenvalue weighted by Crippen LogP contribution is 2.30. The first-order chi connectivity index (χ1) is 11.2. The lowest BCUT2D eigenvalue weighted by atomic mass is 10.2. The Morgan fingerprint density at radius 3 is 2.96 bits per heavy atom. The second kappa shape index (κ2) is 8.04. The van der Waals surface area contributed by atoms with Gasteiger partial charge in [-0.2, -0.15) is 0 Å². The van der Waals surface area contributed by atoms with Crippen LogP contribution in [0, 0.1) is 0 Å². The highest BCUT2D eigenvalue weighted by Gasteiger charge is 2.18. The molecule has 0 spiro atoms. The third-order valence-electron chi connectivity index (χ3n) is 3.96. The molecule has 1 fully saturated rings. The summed E-state index contributed by atoms with van der Waals surface area (Å²) in [6, 6.07) is 7.55. The van der Waals surface area contributed by atoms with Crippen LogP contribution >= 0.6 is 23.1 Å². The summed E-state index contributed by atoms with van der Waals surface area (Å²) in [6.07, 6.45) is 4.19. The van der Waals surface area contributed by atoms with Crippen molar-refractivity contribution in [2.75, 3.05) is 12.3 Å². The molecule has 1 saturated carbocycles. The minimum Gasteiger partial charge on any atom is -0.457 e. The fourth-order valence-corrected chi connectivity index (χ4v) is 4.54. The van der Waals surface area contributed by atoms with Crippen LogP contribution < -0.4 is 5.32 Å². The van der Waals surface area contributed by atoms with Crippen LogP contribution in [-0.2, 0) is 4.79 Å². The normalized spacial score (nSPS) is 16.6. The van der Waals surface area contributed by atoms with E-state index in [0.29, 0.717) is 16.8 Å². The Balaban J connectivity index is 1.43. The van der Waals surface area contributed by atoms with E-state index in [9.17, 15) is 9.90 Å².